The van der Waals surface area contributed by atoms with Gasteiger partial charge in [0, 0.05) is 52.0 Å². The lowest BCUT2D eigenvalue weighted by atomic mass is 9.85. The molecule has 2 fully saturated rings. The third-order valence-corrected chi connectivity index (χ3v) is 7.05. The largest absolute Gasteiger partial charge is 0.356 e. The van der Waals surface area contributed by atoms with E-state index in [-0.39, 0.29) is 59.5 Å². The number of carbonyl (C=O) groups is 2. The molecule has 2 heterocycles. The summed E-state index contributed by atoms with van der Waals surface area (Å²) in [5, 5.41) is 6.52. The van der Waals surface area contributed by atoms with E-state index < -0.39 is 0 Å². The van der Waals surface area contributed by atoms with Crippen LogP contribution in [0.5, 0.6) is 0 Å². The molecular formula is C25H31IN6O2. The predicted molar refractivity (Wildman–Crippen MR) is 141 cm³/mol. The highest BCUT2D eigenvalue weighted by atomic mass is 127. The summed E-state index contributed by atoms with van der Waals surface area (Å²) in [5.41, 5.74) is 1.24. The number of imide groups is 1. The van der Waals surface area contributed by atoms with Crippen molar-refractivity contribution in [2.24, 2.45) is 28.7 Å². The minimum atomic E-state index is -0.135. The van der Waals surface area contributed by atoms with Crippen LogP contribution in [-0.4, -0.2) is 58.9 Å². The van der Waals surface area contributed by atoms with Crippen LogP contribution in [0.2, 0.25) is 0 Å². The molecule has 1 aromatic heterocycles. The third-order valence-electron chi connectivity index (χ3n) is 7.05. The first-order valence-electron chi connectivity index (χ1n) is 11.7. The number of imidazole rings is 1. The van der Waals surface area contributed by atoms with Crippen molar-refractivity contribution in [3.05, 3.63) is 66.3 Å². The van der Waals surface area contributed by atoms with Crippen molar-refractivity contribution in [2.45, 2.75) is 19.4 Å². The van der Waals surface area contributed by atoms with E-state index in [0.717, 1.165) is 25.2 Å². The number of aromatic nitrogens is 2. The summed E-state index contributed by atoms with van der Waals surface area (Å²) in [4.78, 5) is 35.8. The maximum Gasteiger partial charge on any atom is 0.233 e. The van der Waals surface area contributed by atoms with Crippen molar-refractivity contribution >= 4 is 41.8 Å². The molecule has 34 heavy (non-hydrogen) atoms. The molecule has 4 unspecified atom stereocenters. The zero-order chi connectivity index (χ0) is 22.8. The summed E-state index contributed by atoms with van der Waals surface area (Å²) >= 11 is 0. The summed E-state index contributed by atoms with van der Waals surface area (Å²) in [6.07, 6.45) is 9.77. The number of nitrogens with zero attached hydrogens (tertiary/aromatic N) is 4. The molecule has 2 bridgehead atoms. The number of likely N-dealkylation sites (tertiary alicyclic amines) is 1. The molecule has 180 valence electrons. The van der Waals surface area contributed by atoms with Crippen molar-refractivity contribution in [2.75, 3.05) is 26.7 Å². The number of allylic oxidation sites excluding steroid dienone is 2. The summed E-state index contributed by atoms with van der Waals surface area (Å²) in [7, 11) is 1.71. The number of amides is 2. The minimum absolute atomic E-state index is 0. The van der Waals surface area contributed by atoms with Gasteiger partial charge in [0.25, 0.3) is 0 Å². The Morgan fingerprint density at radius 1 is 1.06 bits per heavy atom. The maximum atomic E-state index is 12.8. The Morgan fingerprint density at radius 2 is 1.74 bits per heavy atom. The number of carbonyl (C=O) groups excluding carboxylic acids is 2. The molecule has 2 N–H and O–H groups in total. The van der Waals surface area contributed by atoms with E-state index in [9.17, 15) is 9.59 Å². The van der Waals surface area contributed by atoms with Crippen LogP contribution < -0.4 is 10.6 Å². The first kappa shape index (κ1) is 24.4. The molecule has 3 aliphatic rings. The molecular weight excluding hydrogens is 543 g/mol. The quantitative estimate of drug-likeness (QED) is 0.166. The highest BCUT2D eigenvalue weighted by Gasteiger charge is 2.58. The standard InChI is InChI=1S/C25H30N6O2.HI/c1-26-25(28-10-9-20-27-11-13-30(20)16-17-5-3-2-4-6-17)29-12-14-31-23(32)21-18-7-8-19(15-18)22(21)24(31)33;/h2-8,11,13,18-19,21-22H,9-10,12,14-16H2,1H3,(H2,26,28,29);1H. The monoisotopic (exact) mass is 574 g/mol. The second kappa shape index (κ2) is 10.7. The third kappa shape index (κ3) is 4.75. The van der Waals surface area contributed by atoms with Gasteiger partial charge in [0.15, 0.2) is 5.96 Å². The molecule has 9 heteroatoms. The zero-order valence-electron chi connectivity index (χ0n) is 19.3. The lowest BCUT2D eigenvalue weighted by Crippen LogP contribution is -2.44. The average molecular weight is 574 g/mol. The lowest BCUT2D eigenvalue weighted by Gasteiger charge is -2.18. The molecule has 8 nitrogen and oxygen atoms in total. The van der Waals surface area contributed by atoms with Gasteiger partial charge in [-0.3, -0.25) is 19.5 Å². The summed E-state index contributed by atoms with van der Waals surface area (Å²) < 4.78 is 2.15. The van der Waals surface area contributed by atoms with Gasteiger partial charge in [-0.15, -0.1) is 24.0 Å². The van der Waals surface area contributed by atoms with E-state index in [1.54, 1.807) is 7.05 Å². The molecule has 1 saturated heterocycles. The van der Waals surface area contributed by atoms with Gasteiger partial charge in [0.1, 0.15) is 5.82 Å². The van der Waals surface area contributed by atoms with Gasteiger partial charge in [-0.25, -0.2) is 4.98 Å². The fraction of sp³-hybridized carbons (Fsp3) is 0.440. The van der Waals surface area contributed by atoms with Crippen LogP contribution in [0, 0.1) is 23.7 Å². The van der Waals surface area contributed by atoms with Crippen molar-refractivity contribution in [3.63, 3.8) is 0 Å². The van der Waals surface area contributed by atoms with Gasteiger partial charge >= 0.3 is 0 Å². The van der Waals surface area contributed by atoms with Gasteiger partial charge < -0.3 is 15.2 Å². The van der Waals surface area contributed by atoms with Crippen LogP contribution in [-0.2, 0) is 22.6 Å². The normalized spacial score (nSPS) is 25.0. The van der Waals surface area contributed by atoms with E-state index >= 15 is 0 Å². The fourth-order valence-electron chi connectivity index (χ4n) is 5.48. The first-order valence-corrected chi connectivity index (χ1v) is 11.7. The highest BCUT2D eigenvalue weighted by molar-refractivity contribution is 14.0. The van der Waals surface area contributed by atoms with Crippen molar-refractivity contribution in [3.8, 4) is 0 Å². The van der Waals surface area contributed by atoms with E-state index in [0.29, 0.717) is 25.6 Å². The molecule has 0 radical (unpaired) electrons. The summed E-state index contributed by atoms with van der Waals surface area (Å²) in [5.74, 6) is 1.88. The molecule has 2 aromatic rings. The van der Waals surface area contributed by atoms with Crippen LogP contribution in [0.15, 0.2) is 59.9 Å². The number of benzene rings is 1. The topological polar surface area (TPSA) is 91.6 Å². The summed E-state index contributed by atoms with van der Waals surface area (Å²) in [6, 6.07) is 10.3. The van der Waals surface area contributed by atoms with E-state index in [2.05, 4.69) is 49.5 Å². The first-order chi connectivity index (χ1) is 16.2. The molecule has 5 rings (SSSR count). The Bertz CT molecular complexity index is 1050. The molecule has 0 spiro atoms. The second-order valence-corrected chi connectivity index (χ2v) is 8.96. The molecule has 4 atom stereocenters. The van der Waals surface area contributed by atoms with Crippen molar-refractivity contribution in [1.82, 2.24) is 25.1 Å². The Kier molecular flexibility index (Phi) is 7.70. The fourth-order valence-corrected chi connectivity index (χ4v) is 5.48. The molecule has 2 aliphatic carbocycles. The van der Waals surface area contributed by atoms with E-state index in [1.807, 2.05) is 30.6 Å². The number of aliphatic imine (C=N–C) groups is 1. The Hall–Kier alpha value is -2.69. The molecule has 1 saturated carbocycles. The van der Waals surface area contributed by atoms with E-state index in [1.165, 1.54) is 10.5 Å². The smallest absolute Gasteiger partial charge is 0.233 e. The Balaban J connectivity index is 0.00000274. The van der Waals surface area contributed by atoms with Gasteiger partial charge in [-0.1, -0.05) is 42.5 Å². The van der Waals surface area contributed by atoms with Gasteiger partial charge in [-0.2, -0.15) is 0 Å². The number of hydrogen-bond acceptors (Lipinski definition) is 4. The molecule has 1 aliphatic heterocycles. The number of fused-ring (bicyclic) bond motifs is 5. The van der Waals surface area contributed by atoms with Crippen molar-refractivity contribution in [1.29, 1.82) is 0 Å². The predicted octanol–water partition coefficient (Wildman–Crippen LogP) is 2.06. The zero-order valence-corrected chi connectivity index (χ0v) is 21.6. The van der Waals surface area contributed by atoms with Gasteiger partial charge in [0.2, 0.25) is 11.8 Å². The average Bonchev–Trinajstić information content (AvgIpc) is 3.60. The number of rotatable bonds is 8. The summed E-state index contributed by atoms with van der Waals surface area (Å²) in [6.45, 7) is 2.31. The number of guanidine groups is 1. The lowest BCUT2D eigenvalue weighted by molar-refractivity contribution is -0.140. The highest BCUT2D eigenvalue weighted by Crippen LogP contribution is 2.52. The maximum absolute atomic E-state index is 12.8. The number of halogens is 1. The van der Waals surface area contributed by atoms with Gasteiger partial charge in [0.05, 0.1) is 11.8 Å². The molecule has 2 amide bonds. The van der Waals surface area contributed by atoms with Crippen molar-refractivity contribution < 1.29 is 9.59 Å². The van der Waals surface area contributed by atoms with Crippen LogP contribution in [0.1, 0.15) is 17.8 Å². The number of hydrogen-bond donors (Lipinski definition) is 2. The van der Waals surface area contributed by atoms with Crippen LogP contribution in [0.4, 0.5) is 0 Å². The minimum Gasteiger partial charge on any atom is -0.356 e. The van der Waals surface area contributed by atoms with Crippen LogP contribution in [0.3, 0.4) is 0 Å². The molecule has 1 aromatic carbocycles. The van der Waals surface area contributed by atoms with Gasteiger partial charge in [-0.05, 0) is 23.8 Å². The Labute approximate surface area is 216 Å². The van der Waals surface area contributed by atoms with E-state index in [4.69, 9.17) is 0 Å². The van der Waals surface area contributed by atoms with Crippen LogP contribution in [0.25, 0.3) is 0 Å². The Morgan fingerprint density at radius 3 is 2.41 bits per heavy atom. The SMILES string of the molecule is CN=C(NCCc1nccn1Cc1ccccc1)NCCN1C(=O)C2C3C=CC(C3)C2C1=O.I. The second-order valence-electron chi connectivity index (χ2n) is 8.96. The number of nitrogens with one attached hydrogen (secondary N) is 2. The van der Waals surface area contributed by atoms with Crippen LogP contribution >= 0.6 is 24.0 Å².